The second kappa shape index (κ2) is 6.47. The Hall–Kier alpha value is -1.56. The van der Waals surface area contributed by atoms with Crippen molar-refractivity contribution in [3.63, 3.8) is 0 Å². The Kier molecular flexibility index (Phi) is 4.88. The van der Waals surface area contributed by atoms with Crippen LogP contribution in [0.3, 0.4) is 0 Å². The molecule has 2 rings (SSSR count). The maximum Gasteiger partial charge on any atom is 0.276 e. The fraction of sp³-hybridized carbons (Fsp3) is 0.0714. The van der Waals surface area contributed by atoms with Gasteiger partial charge in [-0.1, -0.05) is 41.4 Å². The molecule has 0 heterocycles. The Morgan fingerprint density at radius 3 is 2.29 bits per heavy atom. The van der Waals surface area contributed by atoms with Gasteiger partial charge in [-0.2, -0.15) is 18.4 Å². The molecule has 0 aliphatic heterocycles. The van der Waals surface area contributed by atoms with Gasteiger partial charge in [0.25, 0.3) is 10.0 Å². The first-order valence-corrected chi connectivity index (χ1v) is 8.20. The molecule has 0 aliphatic rings. The summed E-state index contributed by atoms with van der Waals surface area (Å²) in [4.78, 5) is 2.26. The van der Waals surface area contributed by atoms with Gasteiger partial charge in [-0.15, -0.1) is 0 Å². The maximum atomic E-state index is 12.1. The Balaban J connectivity index is 2.23. The molecule has 7 heteroatoms. The van der Waals surface area contributed by atoms with Crippen LogP contribution >= 0.6 is 23.2 Å². The highest BCUT2D eigenvalue weighted by molar-refractivity contribution is 7.89. The van der Waals surface area contributed by atoms with E-state index in [1.54, 1.807) is 31.2 Å². The quantitative estimate of drug-likeness (QED) is 0.680. The first kappa shape index (κ1) is 15.8. The van der Waals surface area contributed by atoms with Crippen LogP contribution in [0.15, 0.2) is 58.5 Å². The van der Waals surface area contributed by atoms with Crippen LogP contribution in [0.25, 0.3) is 0 Å². The summed E-state index contributed by atoms with van der Waals surface area (Å²) < 4.78 is 24.1. The molecule has 0 saturated heterocycles. The van der Waals surface area contributed by atoms with E-state index in [-0.39, 0.29) is 4.90 Å². The zero-order valence-electron chi connectivity index (χ0n) is 11.0. The van der Waals surface area contributed by atoms with E-state index in [1.165, 1.54) is 24.3 Å². The van der Waals surface area contributed by atoms with E-state index in [0.717, 1.165) is 0 Å². The van der Waals surface area contributed by atoms with Crippen LogP contribution < -0.4 is 4.83 Å². The van der Waals surface area contributed by atoms with Crippen molar-refractivity contribution >= 4 is 38.9 Å². The van der Waals surface area contributed by atoms with Crippen LogP contribution in [0.1, 0.15) is 12.5 Å². The summed E-state index contributed by atoms with van der Waals surface area (Å²) >= 11 is 11.8. The fourth-order valence-corrected chi connectivity index (χ4v) is 2.87. The zero-order valence-corrected chi connectivity index (χ0v) is 13.4. The normalized spacial score (nSPS) is 12.2. The van der Waals surface area contributed by atoms with Gasteiger partial charge in [0.15, 0.2) is 0 Å². The average Bonchev–Trinajstić information content (AvgIpc) is 2.46. The van der Waals surface area contributed by atoms with Crippen molar-refractivity contribution in [3.8, 4) is 0 Å². The number of nitrogens with one attached hydrogen (secondary N) is 1. The summed E-state index contributed by atoms with van der Waals surface area (Å²) in [5.41, 5.74) is 1.14. The lowest BCUT2D eigenvalue weighted by Gasteiger charge is -2.06. The SMILES string of the molecule is CC(=NNS(=O)(=O)c1ccc(Cl)cc1)c1ccccc1Cl. The van der Waals surface area contributed by atoms with Gasteiger partial charge in [-0.25, -0.2) is 0 Å². The first-order valence-electron chi connectivity index (χ1n) is 5.97. The zero-order chi connectivity index (χ0) is 15.5. The lowest BCUT2D eigenvalue weighted by molar-refractivity contribution is 0.584. The molecule has 110 valence electrons. The maximum absolute atomic E-state index is 12.1. The number of hydrogen-bond donors (Lipinski definition) is 1. The lowest BCUT2D eigenvalue weighted by Crippen LogP contribution is -2.20. The number of halogens is 2. The van der Waals surface area contributed by atoms with E-state index in [4.69, 9.17) is 23.2 Å². The van der Waals surface area contributed by atoms with E-state index in [2.05, 4.69) is 9.93 Å². The van der Waals surface area contributed by atoms with E-state index in [1.807, 2.05) is 0 Å². The van der Waals surface area contributed by atoms with Gasteiger partial charge in [0.05, 0.1) is 10.6 Å². The first-order chi connectivity index (χ1) is 9.90. The molecule has 0 aromatic heterocycles. The van der Waals surface area contributed by atoms with E-state index in [9.17, 15) is 8.42 Å². The third-order valence-corrected chi connectivity index (χ3v) is 4.53. The molecule has 0 atom stereocenters. The van der Waals surface area contributed by atoms with Crippen molar-refractivity contribution in [1.29, 1.82) is 0 Å². The van der Waals surface area contributed by atoms with Crippen LogP contribution in [0.5, 0.6) is 0 Å². The predicted octanol–water partition coefficient (Wildman–Crippen LogP) is 3.70. The van der Waals surface area contributed by atoms with Crippen LogP contribution in [0, 0.1) is 0 Å². The van der Waals surface area contributed by atoms with Gasteiger partial charge in [0.1, 0.15) is 0 Å². The van der Waals surface area contributed by atoms with Crippen molar-refractivity contribution in [2.24, 2.45) is 5.10 Å². The highest BCUT2D eigenvalue weighted by Gasteiger charge is 2.13. The molecule has 0 radical (unpaired) electrons. The molecule has 0 unspecified atom stereocenters. The molecule has 4 nitrogen and oxygen atoms in total. The summed E-state index contributed by atoms with van der Waals surface area (Å²) in [6.07, 6.45) is 0. The van der Waals surface area contributed by atoms with Crippen LogP contribution in [-0.2, 0) is 10.0 Å². The van der Waals surface area contributed by atoms with E-state index in [0.29, 0.717) is 21.3 Å². The summed E-state index contributed by atoms with van der Waals surface area (Å²) in [6, 6.07) is 12.9. The monoisotopic (exact) mass is 342 g/mol. The summed E-state index contributed by atoms with van der Waals surface area (Å²) in [5.74, 6) is 0. The number of hydrogen-bond acceptors (Lipinski definition) is 3. The van der Waals surface area contributed by atoms with Gasteiger partial charge < -0.3 is 0 Å². The smallest absolute Gasteiger partial charge is 0.200 e. The van der Waals surface area contributed by atoms with Gasteiger partial charge in [0, 0.05) is 15.6 Å². The molecule has 0 spiro atoms. The largest absolute Gasteiger partial charge is 0.276 e. The molecular formula is C14H12Cl2N2O2S. The molecule has 21 heavy (non-hydrogen) atoms. The minimum absolute atomic E-state index is 0.0857. The van der Waals surface area contributed by atoms with Crippen molar-refractivity contribution in [3.05, 3.63) is 64.1 Å². The number of hydrazone groups is 1. The average molecular weight is 343 g/mol. The third-order valence-electron chi connectivity index (χ3n) is 2.72. The lowest BCUT2D eigenvalue weighted by atomic mass is 10.1. The molecule has 1 N–H and O–H groups in total. The van der Waals surface area contributed by atoms with Crippen molar-refractivity contribution in [1.82, 2.24) is 4.83 Å². The van der Waals surface area contributed by atoms with Crippen molar-refractivity contribution in [2.45, 2.75) is 11.8 Å². The van der Waals surface area contributed by atoms with Gasteiger partial charge in [-0.3, -0.25) is 0 Å². The summed E-state index contributed by atoms with van der Waals surface area (Å²) in [6.45, 7) is 1.67. The van der Waals surface area contributed by atoms with Gasteiger partial charge in [0.2, 0.25) is 0 Å². The minimum Gasteiger partial charge on any atom is -0.200 e. The minimum atomic E-state index is -3.73. The van der Waals surface area contributed by atoms with Gasteiger partial charge in [-0.05, 0) is 37.3 Å². The fourth-order valence-electron chi connectivity index (χ4n) is 1.61. The topological polar surface area (TPSA) is 58.5 Å². The molecule has 0 amide bonds. The molecule has 2 aromatic carbocycles. The molecule has 0 aliphatic carbocycles. The van der Waals surface area contributed by atoms with Gasteiger partial charge >= 0.3 is 0 Å². The van der Waals surface area contributed by atoms with E-state index >= 15 is 0 Å². The van der Waals surface area contributed by atoms with Crippen molar-refractivity contribution in [2.75, 3.05) is 0 Å². The van der Waals surface area contributed by atoms with Crippen LogP contribution in [0.4, 0.5) is 0 Å². The molecule has 0 bridgehead atoms. The molecular weight excluding hydrogens is 331 g/mol. The Labute approximate surface area is 133 Å². The highest BCUT2D eigenvalue weighted by Crippen LogP contribution is 2.16. The Bertz CT molecular complexity index is 772. The Morgan fingerprint density at radius 1 is 1.05 bits per heavy atom. The molecule has 0 saturated carbocycles. The number of sulfonamides is 1. The Morgan fingerprint density at radius 2 is 1.67 bits per heavy atom. The summed E-state index contributed by atoms with van der Waals surface area (Å²) in [7, 11) is -3.73. The van der Waals surface area contributed by atoms with Crippen LogP contribution in [0.2, 0.25) is 10.0 Å². The number of nitrogens with zero attached hydrogens (tertiary/aromatic N) is 1. The third kappa shape index (κ3) is 3.97. The second-order valence-corrected chi connectivity index (χ2v) is 6.73. The molecule has 2 aromatic rings. The summed E-state index contributed by atoms with van der Waals surface area (Å²) in [5, 5.41) is 4.85. The predicted molar refractivity (Wildman–Crippen MR) is 85.4 cm³/mol. The highest BCUT2D eigenvalue weighted by atomic mass is 35.5. The second-order valence-electron chi connectivity index (χ2n) is 4.23. The number of rotatable bonds is 4. The van der Waals surface area contributed by atoms with E-state index < -0.39 is 10.0 Å². The number of benzene rings is 2. The standard InChI is InChI=1S/C14H12Cl2N2O2S/c1-10(13-4-2-3-5-14(13)16)17-18-21(19,20)12-8-6-11(15)7-9-12/h2-9,18H,1H3. The van der Waals surface area contributed by atoms with Crippen LogP contribution in [-0.4, -0.2) is 14.1 Å². The van der Waals surface area contributed by atoms with Crippen molar-refractivity contribution < 1.29 is 8.42 Å². The molecule has 0 fully saturated rings.